The van der Waals surface area contributed by atoms with E-state index in [4.69, 9.17) is 0 Å². The molecule has 1 saturated carbocycles. The number of rotatable bonds is 3. The first-order valence-corrected chi connectivity index (χ1v) is 7.28. The van der Waals surface area contributed by atoms with Gasteiger partial charge in [-0.3, -0.25) is 4.98 Å². The topological polar surface area (TPSA) is 24.9 Å². The maximum Gasteiger partial charge on any atom is 0.0576 e. The van der Waals surface area contributed by atoms with Crippen LogP contribution in [0.4, 0.5) is 0 Å². The number of pyridine rings is 1. The van der Waals surface area contributed by atoms with Gasteiger partial charge in [0.2, 0.25) is 0 Å². The fourth-order valence-electron chi connectivity index (χ4n) is 2.82. The fraction of sp³-hybridized carbons (Fsp3) is 0.643. The van der Waals surface area contributed by atoms with Crippen LogP contribution in [0.2, 0.25) is 0 Å². The molecule has 0 amide bonds. The summed E-state index contributed by atoms with van der Waals surface area (Å²) in [5.74, 6) is 1.64. The minimum Gasteiger partial charge on any atom is -0.311 e. The largest absolute Gasteiger partial charge is 0.311 e. The Morgan fingerprint density at radius 1 is 1.29 bits per heavy atom. The van der Waals surface area contributed by atoms with E-state index in [1.165, 1.54) is 31.4 Å². The predicted octanol–water partition coefficient (Wildman–Crippen LogP) is 3.93. The molecule has 1 aromatic rings. The molecule has 0 aromatic carbocycles. The van der Waals surface area contributed by atoms with E-state index in [-0.39, 0.29) is 0 Å². The lowest BCUT2D eigenvalue weighted by molar-refractivity contribution is 0.235. The van der Waals surface area contributed by atoms with Crippen LogP contribution < -0.4 is 5.32 Å². The Bertz CT molecular complexity index is 342. The van der Waals surface area contributed by atoms with Crippen molar-refractivity contribution in [1.29, 1.82) is 0 Å². The van der Waals surface area contributed by atoms with Crippen molar-refractivity contribution < 1.29 is 0 Å². The molecule has 2 rings (SSSR count). The molecule has 2 nitrogen and oxygen atoms in total. The van der Waals surface area contributed by atoms with Gasteiger partial charge < -0.3 is 5.32 Å². The monoisotopic (exact) mass is 296 g/mol. The molecule has 1 aliphatic carbocycles. The average molecular weight is 297 g/mol. The van der Waals surface area contributed by atoms with Crippen LogP contribution in [-0.4, -0.2) is 12.0 Å². The van der Waals surface area contributed by atoms with Crippen molar-refractivity contribution in [2.75, 3.05) is 7.05 Å². The molecule has 0 bridgehead atoms. The minimum atomic E-state index is 0.413. The minimum absolute atomic E-state index is 0.413. The summed E-state index contributed by atoms with van der Waals surface area (Å²) in [7, 11) is 2.05. The highest BCUT2D eigenvalue weighted by atomic mass is 79.9. The van der Waals surface area contributed by atoms with E-state index in [0.29, 0.717) is 6.04 Å². The predicted molar refractivity (Wildman–Crippen MR) is 74.9 cm³/mol. The molecule has 1 aromatic heterocycles. The third kappa shape index (κ3) is 3.29. The van der Waals surface area contributed by atoms with Crippen molar-refractivity contribution in [3.63, 3.8) is 0 Å². The van der Waals surface area contributed by atoms with E-state index < -0.39 is 0 Å². The number of nitrogens with zero attached hydrogens (tertiary/aromatic N) is 1. The summed E-state index contributed by atoms with van der Waals surface area (Å²) in [6.07, 6.45) is 7.26. The Morgan fingerprint density at radius 3 is 2.53 bits per heavy atom. The van der Waals surface area contributed by atoms with Gasteiger partial charge in [0.25, 0.3) is 0 Å². The summed E-state index contributed by atoms with van der Waals surface area (Å²) in [6, 6.07) is 4.62. The Morgan fingerprint density at radius 2 is 2.00 bits per heavy atom. The highest BCUT2D eigenvalue weighted by molar-refractivity contribution is 9.10. The van der Waals surface area contributed by atoms with Gasteiger partial charge in [-0.2, -0.15) is 0 Å². The van der Waals surface area contributed by atoms with Gasteiger partial charge in [0.15, 0.2) is 0 Å². The van der Waals surface area contributed by atoms with E-state index in [1.807, 2.05) is 13.2 Å². The number of nitrogens with one attached hydrogen (secondary N) is 1. The first kappa shape index (κ1) is 13.0. The summed E-state index contributed by atoms with van der Waals surface area (Å²) in [5.41, 5.74) is 1.18. The zero-order valence-corrected chi connectivity index (χ0v) is 12.2. The number of hydrogen-bond donors (Lipinski definition) is 1. The lowest BCUT2D eigenvalue weighted by Crippen LogP contribution is -2.29. The molecular formula is C14H21BrN2. The molecular weight excluding hydrogens is 276 g/mol. The van der Waals surface area contributed by atoms with Crippen molar-refractivity contribution in [3.8, 4) is 0 Å². The van der Waals surface area contributed by atoms with Crippen molar-refractivity contribution in [1.82, 2.24) is 10.3 Å². The molecule has 17 heavy (non-hydrogen) atoms. The van der Waals surface area contributed by atoms with Crippen LogP contribution in [0.3, 0.4) is 0 Å². The first-order valence-electron chi connectivity index (χ1n) is 6.49. The normalized spacial score (nSPS) is 26.8. The molecule has 94 valence electrons. The zero-order valence-electron chi connectivity index (χ0n) is 10.6. The van der Waals surface area contributed by atoms with Crippen LogP contribution in [-0.2, 0) is 0 Å². The summed E-state index contributed by atoms with van der Waals surface area (Å²) < 4.78 is 1.05. The van der Waals surface area contributed by atoms with Crippen LogP contribution in [0.15, 0.2) is 22.8 Å². The lowest BCUT2D eigenvalue weighted by atomic mass is 9.78. The summed E-state index contributed by atoms with van der Waals surface area (Å²) in [4.78, 5) is 4.53. The van der Waals surface area contributed by atoms with Crippen LogP contribution in [0.25, 0.3) is 0 Å². The lowest BCUT2D eigenvalue weighted by Gasteiger charge is -2.32. The molecule has 1 heterocycles. The third-order valence-corrected chi connectivity index (χ3v) is 4.38. The highest BCUT2D eigenvalue weighted by Gasteiger charge is 2.26. The Kier molecular flexibility index (Phi) is 4.57. The molecule has 1 fully saturated rings. The molecule has 0 spiro atoms. The van der Waals surface area contributed by atoms with Crippen molar-refractivity contribution >= 4 is 15.9 Å². The fourth-order valence-corrected chi connectivity index (χ4v) is 3.05. The second-order valence-corrected chi connectivity index (χ2v) is 6.10. The van der Waals surface area contributed by atoms with Gasteiger partial charge in [0.1, 0.15) is 0 Å². The molecule has 0 saturated heterocycles. The number of aromatic nitrogens is 1. The quantitative estimate of drug-likeness (QED) is 0.914. The van der Waals surface area contributed by atoms with Crippen LogP contribution in [0, 0.1) is 11.8 Å². The Labute approximate surface area is 112 Å². The maximum atomic E-state index is 4.53. The first-order chi connectivity index (χ1) is 8.20. The van der Waals surface area contributed by atoms with Gasteiger partial charge in [-0.25, -0.2) is 0 Å². The van der Waals surface area contributed by atoms with Crippen LogP contribution in [0.5, 0.6) is 0 Å². The molecule has 1 unspecified atom stereocenters. The molecule has 1 atom stereocenters. The summed E-state index contributed by atoms with van der Waals surface area (Å²) in [5, 5.41) is 3.44. The van der Waals surface area contributed by atoms with Gasteiger partial charge >= 0.3 is 0 Å². The van der Waals surface area contributed by atoms with Crippen molar-refractivity contribution in [2.24, 2.45) is 11.8 Å². The Hall–Kier alpha value is -0.410. The highest BCUT2D eigenvalue weighted by Crippen LogP contribution is 2.36. The smallest absolute Gasteiger partial charge is 0.0576 e. The summed E-state index contributed by atoms with van der Waals surface area (Å²) in [6.45, 7) is 2.36. The van der Waals surface area contributed by atoms with Crippen molar-refractivity contribution in [3.05, 3.63) is 28.5 Å². The zero-order chi connectivity index (χ0) is 12.3. The SMILES string of the molecule is CNC(c1ccc(Br)cn1)C1CCC(C)CC1. The maximum absolute atomic E-state index is 4.53. The van der Waals surface area contributed by atoms with Crippen LogP contribution >= 0.6 is 15.9 Å². The van der Waals surface area contributed by atoms with Gasteiger partial charge in [-0.1, -0.05) is 19.8 Å². The Balaban J connectivity index is 2.08. The standard InChI is InChI=1S/C14H21BrN2/c1-10-3-5-11(6-4-10)14(16-2)13-8-7-12(15)9-17-13/h7-11,14,16H,3-6H2,1-2H3. The molecule has 0 aliphatic heterocycles. The van der Waals surface area contributed by atoms with Gasteiger partial charge in [-0.05, 0) is 59.8 Å². The third-order valence-electron chi connectivity index (χ3n) is 3.91. The number of halogens is 1. The second-order valence-electron chi connectivity index (χ2n) is 5.19. The molecule has 1 aliphatic rings. The second kappa shape index (κ2) is 5.96. The number of hydrogen-bond acceptors (Lipinski definition) is 2. The van der Waals surface area contributed by atoms with Crippen LogP contribution in [0.1, 0.15) is 44.3 Å². The van der Waals surface area contributed by atoms with E-state index in [1.54, 1.807) is 0 Å². The molecule has 1 N–H and O–H groups in total. The molecule has 0 radical (unpaired) electrons. The van der Waals surface area contributed by atoms with Gasteiger partial charge in [-0.15, -0.1) is 0 Å². The molecule has 3 heteroatoms. The summed E-state index contributed by atoms with van der Waals surface area (Å²) >= 11 is 3.44. The van der Waals surface area contributed by atoms with E-state index >= 15 is 0 Å². The van der Waals surface area contributed by atoms with Gasteiger partial charge in [0, 0.05) is 10.7 Å². The average Bonchev–Trinajstić information content (AvgIpc) is 2.35. The van der Waals surface area contributed by atoms with E-state index in [0.717, 1.165) is 16.3 Å². The van der Waals surface area contributed by atoms with E-state index in [2.05, 4.69) is 45.3 Å². The van der Waals surface area contributed by atoms with E-state index in [9.17, 15) is 0 Å². The van der Waals surface area contributed by atoms with Crippen molar-refractivity contribution in [2.45, 2.75) is 38.6 Å². The van der Waals surface area contributed by atoms with Gasteiger partial charge in [0.05, 0.1) is 11.7 Å².